The number of ketones is 1. The zero-order valence-corrected chi connectivity index (χ0v) is 9.09. The average molecular weight is 223 g/mol. The van der Waals surface area contributed by atoms with E-state index in [1.807, 2.05) is 6.92 Å². The van der Waals surface area contributed by atoms with Gasteiger partial charge in [0.2, 0.25) is 0 Å². The Morgan fingerprint density at radius 2 is 2.00 bits per heavy atom. The van der Waals surface area contributed by atoms with Crippen LogP contribution in [0.15, 0.2) is 0 Å². The van der Waals surface area contributed by atoms with E-state index in [0.29, 0.717) is 6.42 Å². The van der Waals surface area contributed by atoms with Crippen molar-refractivity contribution in [3.05, 3.63) is 0 Å². The smallest absolute Gasteiger partial charge is 0.266 e. The molecule has 3 N–H and O–H groups in total. The van der Waals surface area contributed by atoms with Gasteiger partial charge in [0.25, 0.3) is 10.1 Å². The van der Waals surface area contributed by atoms with Crippen LogP contribution in [0.3, 0.4) is 0 Å². The van der Waals surface area contributed by atoms with Crippen molar-refractivity contribution in [2.45, 2.75) is 38.6 Å². The molecule has 0 spiro atoms. The van der Waals surface area contributed by atoms with Crippen molar-refractivity contribution >= 4 is 15.9 Å². The minimum Gasteiger partial charge on any atom is -0.321 e. The second-order valence-electron chi connectivity index (χ2n) is 3.28. The molecule has 1 atom stereocenters. The summed E-state index contributed by atoms with van der Waals surface area (Å²) in [5.74, 6) is -0.992. The maximum Gasteiger partial charge on any atom is 0.266 e. The molecule has 0 radical (unpaired) electrons. The van der Waals surface area contributed by atoms with E-state index in [1.54, 1.807) is 0 Å². The SMILES string of the molecule is CCCCCC(=O)C(N)CS(=O)(=O)O. The first-order chi connectivity index (χ1) is 6.37. The van der Waals surface area contributed by atoms with Gasteiger partial charge in [-0.15, -0.1) is 0 Å². The number of carbonyl (C=O) groups is 1. The normalized spacial score (nSPS) is 13.9. The quantitative estimate of drug-likeness (QED) is 0.479. The summed E-state index contributed by atoms with van der Waals surface area (Å²) in [6.07, 6.45) is 2.91. The predicted octanol–water partition coefficient (Wildman–Crippen LogP) is 0.351. The Kier molecular flexibility index (Phi) is 5.90. The molecule has 0 aromatic heterocycles. The van der Waals surface area contributed by atoms with E-state index in [2.05, 4.69) is 0 Å². The Morgan fingerprint density at radius 1 is 1.43 bits per heavy atom. The van der Waals surface area contributed by atoms with Gasteiger partial charge >= 0.3 is 0 Å². The highest BCUT2D eigenvalue weighted by Gasteiger charge is 2.19. The van der Waals surface area contributed by atoms with Crippen molar-refractivity contribution in [1.82, 2.24) is 0 Å². The highest BCUT2D eigenvalue weighted by Crippen LogP contribution is 2.02. The van der Waals surface area contributed by atoms with Gasteiger partial charge in [-0.25, -0.2) is 0 Å². The molecule has 0 fully saturated rings. The third kappa shape index (κ3) is 6.99. The largest absolute Gasteiger partial charge is 0.321 e. The summed E-state index contributed by atoms with van der Waals surface area (Å²) in [7, 11) is -4.14. The Morgan fingerprint density at radius 3 is 2.43 bits per heavy atom. The number of rotatable bonds is 7. The van der Waals surface area contributed by atoms with Gasteiger partial charge in [-0.05, 0) is 6.42 Å². The average Bonchev–Trinajstić information content (AvgIpc) is 2.01. The highest BCUT2D eigenvalue weighted by molar-refractivity contribution is 7.85. The van der Waals surface area contributed by atoms with Crippen LogP contribution in [0.25, 0.3) is 0 Å². The molecule has 0 heterocycles. The third-order valence-corrected chi connectivity index (χ3v) is 2.61. The molecule has 0 amide bonds. The van der Waals surface area contributed by atoms with Crippen LogP contribution in [-0.2, 0) is 14.9 Å². The molecule has 0 aliphatic carbocycles. The fraction of sp³-hybridized carbons (Fsp3) is 0.875. The first-order valence-corrected chi connectivity index (χ1v) is 6.21. The summed E-state index contributed by atoms with van der Waals surface area (Å²) in [5, 5.41) is 0. The lowest BCUT2D eigenvalue weighted by Gasteiger charge is -2.07. The van der Waals surface area contributed by atoms with Crippen molar-refractivity contribution < 1.29 is 17.8 Å². The molecule has 0 bridgehead atoms. The molecule has 84 valence electrons. The minimum absolute atomic E-state index is 0.282. The van der Waals surface area contributed by atoms with Crippen LogP contribution in [-0.4, -0.2) is 30.5 Å². The van der Waals surface area contributed by atoms with Crippen LogP contribution in [0.1, 0.15) is 32.6 Å². The van der Waals surface area contributed by atoms with E-state index in [4.69, 9.17) is 10.3 Å². The van der Waals surface area contributed by atoms with E-state index in [9.17, 15) is 13.2 Å². The van der Waals surface area contributed by atoms with Crippen LogP contribution in [0.2, 0.25) is 0 Å². The van der Waals surface area contributed by atoms with Crippen LogP contribution >= 0.6 is 0 Å². The summed E-state index contributed by atoms with van der Waals surface area (Å²) in [6, 6.07) is -1.10. The van der Waals surface area contributed by atoms with E-state index in [1.165, 1.54) is 0 Å². The van der Waals surface area contributed by atoms with Crippen LogP contribution in [0.4, 0.5) is 0 Å². The fourth-order valence-corrected chi connectivity index (χ4v) is 1.69. The number of Topliss-reactive ketones (excluding diaryl/α,β-unsaturated/α-hetero) is 1. The molecule has 5 nitrogen and oxygen atoms in total. The summed E-state index contributed by atoms with van der Waals surface area (Å²) in [6.45, 7) is 2.00. The summed E-state index contributed by atoms with van der Waals surface area (Å²) < 4.78 is 29.2. The molecule has 1 unspecified atom stereocenters. The van der Waals surface area contributed by atoms with Gasteiger partial charge in [0, 0.05) is 6.42 Å². The fourth-order valence-electron chi connectivity index (χ4n) is 1.05. The molecule has 0 rings (SSSR count). The molecule has 0 saturated heterocycles. The number of carbonyl (C=O) groups excluding carboxylic acids is 1. The van der Waals surface area contributed by atoms with Gasteiger partial charge in [0.05, 0.1) is 11.8 Å². The van der Waals surface area contributed by atoms with Crippen molar-refractivity contribution in [2.75, 3.05) is 5.75 Å². The molecular weight excluding hydrogens is 206 g/mol. The summed E-state index contributed by atoms with van der Waals surface area (Å²) in [4.78, 5) is 11.2. The molecule has 0 aliphatic heterocycles. The maximum absolute atomic E-state index is 11.2. The second-order valence-corrected chi connectivity index (χ2v) is 4.78. The van der Waals surface area contributed by atoms with Crippen molar-refractivity contribution in [1.29, 1.82) is 0 Å². The monoisotopic (exact) mass is 223 g/mol. The third-order valence-electron chi connectivity index (χ3n) is 1.83. The van der Waals surface area contributed by atoms with Crippen LogP contribution in [0, 0.1) is 0 Å². The van der Waals surface area contributed by atoms with Gasteiger partial charge < -0.3 is 5.73 Å². The van der Waals surface area contributed by atoms with Crippen LogP contribution in [0.5, 0.6) is 0 Å². The number of hydrogen-bond acceptors (Lipinski definition) is 4. The maximum atomic E-state index is 11.2. The van der Waals surface area contributed by atoms with E-state index >= 15 is 0 Å². The number of hydrogen-bond donors (Lipinski definition) is 2. The van der Waals surface area contributed by atoms with Crippen molar-refractivity contribution in [2.24, 2.45) is 5.73 Å². The van der Waals surface area contributed by atoms with Crippen LogP contribution < -0.4 is 5.73 Å². The lowest BCUT2D eigenvalue weighted by molar-refractivity contribution is -0.120. The number of nitrogens with two attached hydrogens (primary N) is 1. The van der Waals surface area contributed by atoms with Gasteiger partial charge in [0.15, 0.2) is 5.78 Å². The topological polar surface area (TPSA) is 97.5 Å². The van der Waals surface area contributed by atoms with E-state index in [-0.39, 0.29) is 12.2 Å². The van der Waals surface area contributed by atoms with Crippen molar-refractivity contribution in [3.63, 3.8) is 0 Å². The zero-order valence-electron chi connectivity index (χ0n) is 8.27. The Labute approximate surface area is 84.4 Å². The second kappa shape index (κ2) is 6.10. The highest BCUT2D eigenvalue weighted by atomic mass is 32.2. The van der Waals surface area contributed by atoms with Gasteiger partial charge in [-0.3, -0.25) is 9.35 Å². The van der Waals surface area contributed by atoms with Crippen molar-refractivity contribution in [3.8, 4) is 0 Å². The van der Waals surface area contributed by atoms with E-state index in [0.717, 1.165) is 12.8 Å². The number of unbranched alkanes of at least 4 members (excludes halogenated alkanes) is 2. The lowest BCUT2D eigenvalue weighted by atomic mass is 10.1. The molecule has 0 saturated carbocycles. The van der Waals surface area contributed by atoms with Gasteiger partial charge in [-0.2, -0.15) is 8.42 Å². The molecule has 0 aromatic carbocycles. The predicted molar refractivity (Wildman–Crippen MR) is 53.5 cm³/mol. The molecule has 0 aliphatic rings. The summed E-state index contributed by atoms with van der Waals surface area (Å²) >= 11 is 0. The Hall–Kier alpha value is -0.460. The Bertz CT molecular complexity index is 273. The molecule has 6 heteroatoms. The first kappa shape index (κ1) is 13.5. The lowest BCUT2D eigenvalue weighted by Crippen LogP contribution is -2.37. The Balaban J connectivity index is 3.88. The van der Waals surface area contributed by atoms with E-state index < -0.39 is 21.9 Å². The summed E-state index contributed by atoms with van der Waals surface area (Å²) in [5.41, 5.74) is 5.30. The molecule has 0 aromatic rings. The molecule has 14 heavy (non-hydrogen) atoms. The van der Waals surface area contributed by atoms with Gasteiger partial charge in [0.1, 0.15) is 0 Å². The first-order valence-electron chi connectivity index (χ1n) is 4.60. The zero-order chi connectivity index (χ0) is 11.2. The van der Waals surface area contributed by atoms with Gasteiger partial charge in [-0.1, -0.05) is 19.8 Å². The standard InChI is InChI=1S/C8H17NO4S/c1-2-3-4-5-8(10)7(9)6-14(11,12)13/h7H,2-6,9H2,1H3,(H,11,12,13). The molecular formula is C8H17NO4S. The minimum atomic E-state index is -4.14.